The largest absolute Gasteiger partial charge is 0.329 e. The second kappa shape index (κ2) is 8.95. The van der Waals surface area contributed by atoms with Crippen LogP contribution in [0.1, 0.15) is 36.4 Å². The molecule has 1 unspecified atom stereocenters. The third-order valence-electron chi connectivity index (χ3n) is 5.83. The van der Waals surface area contributed by atoms with Gasteiger partial charge < -0.3 is 0 Å². The predicted molar refractivity (Wildman–Crippen MR) is 121 cm³/mol. The van der Waals surface area contributed by atoms with Gasteiger partial charge in [0.05, 0.1) is 22.5 Å². The molecule has 9 nitrogen and oxygen atoms in total. The Morgan fingerprint density at radius 3 is 2.48 bits per heavy atom. The average molecular weight is 472 g/mol. The molecule has 1 saturated heterocycles. The molecule has 2 amide bonds. The fourth-order valence-corrected chi connectivity index (χ4v) is 4.95. The minimum absolute atomic E-state index is 0.0322. The molecule has 0 radical (unpaired) electrons. The Labute approximate surface area is 191 Å². The zero-order chi connectivity index (χ0) is 23.8. The van der Waals surface area contributed by atoms with Crippen molar-refractivity contribution in [1.29, 1.82) is 0 Å². The van der Waals surface area contributed by atoms with Gasteiger partial charge in [-0.25, -0.2) is 4.79 Å². The highest BCUT2D eigenvalue weighted by molar-refractivity contribution is 7.86. The van der Waals surface area contributed by atoms with Gasteiger partial charge in [0.2, 0.25) is 11.8 Å². The lowest BCUT2D eigenvalue weighted by molar-refractivity contribution is -0.135. The van der Waals surface area contributed by atoms with Gasteiger partial charge in [-0.1, -0.05) is 23.8 Å². The van der Waals surface area contributed by atoms with Crippen molar-refractivity contribution < 1.29 is 22.2 Å². The van der Waals surface area contributed by atoms with E-state index in [1.54, 1.807) is 25.2 Å². The number of carbonyl (C=O) groups is 2. The number of hydrogen-bond acceptors (Lipinski definition) is 6. The summed E-state index contributed by atoms with van der Waals surface area (Å²) >= 11 is 0. The molecule has 0 saturated carbocycles. The fourth-order valence-electron chi connectivity index (χ4n) is 4.01. The van der Waals surface area contributed by atoms with Gasteiger partial charge in [-0.05, 0) is 56.0 Å². The third-order valence-corrected chi connectivity index (χ3v) is 7.16. The molecular weight excluding hydrogens is 446 g/mol. The molecule has 4 rings (SSSR count). The summed E-state index contributed by atoms with van der Waals surface area (Å²) in [6, 6.07) is 11.2. The Kier molecular flexibility index (Phi) is 6.22. The third kappa shape index (κ3) is 4.62. The quantitative estimate of drug-likeness (QED) is 0.320. The van der Waals surface area contributed by atoms with Crippen molar-refractivity contribution in [1.82, 2.24) is 14.5 Å². The SMILES string of the molecule is Cc1ccc(S(=O)(=O)OCCCc2ccc3c(c2)n(C)c(=O)n3C2CCC(=O)NC2=O)cc1. The van der Waals surface area contributed by atoms with E-state index in [1.807, 2.05) is 19.1 Å². The molecule has 174 valence electrons. The average Bonchev–Trinajstić information content (AvgIpc) is 3.02. The zero-order valence-corrected chi connectivity index (χ0v) is 19.2. The van der Waals surface area contributed by atoms with Gasteiger partial charge in [0, 0.05) is 13.5 Å². The highest BCUT2D eigenvalue weighted by Crippen LogP contribution is 2.24. The van der Waals surface area contributed by atoms with E-state index in [9.17, 15) is 22.8 Å². The number of aromatic nitrogens is 2. The van der Waals surface area contributed by atoms with E-state index in [-0.39, 0.29) is 35.9 Å². The van der Waals surface area contributed by atoms with Crippen LogP contribution in [0.4, 0.5) is 0 Å². The molecule has 1 aromatic heterocycles. The van der Waals surface area contributed by atoms with E-state index in [0.717, 1.165) is 11.1 Å². The minimum Gasteiger partial charge on any atom is -0.295 e. The summed E-state index contributed by atoms with van der Waals surface area (Å²) in [6.07, 6.45) is 1.48. The number of hydrogen-bond donors (Lipinski definition) is 1. The van der Waals surface area contributed by atoms with Gasteiger partial charge in [0.25, 0.3) is 10.1 Å². The molecule has 2 heterocycles. The van der Waals surface area contributed by atoms with Gasteiger partial charge in [-0.3, -0.25) is 28.2 Å². The molecule has 1 aliphatic rings. The van der Waals surface area contributed by atoms with Gasteiger partial charge in [0.1, 0.15) is 6.04 Å². The van der Waals surface area contributed by atoms with E-state index in [0.29, 0.717) is 23.9 Å². The van der Waals surface area contributed by atoms with E-state index in [1.165, 1.54) is 21.3 Å². The smallest absolute Gasteiger partial charge is 0.295 e. The Bertz CT molecular complexity index is 1390. The van der Waals surface area contributed by atoms with E-state index in [2.05, 4.69) is 5.32 Å². The van der Waals surface area contributed by atoms with Crippen LogP contribution in [-0.2, 0) is 37.4 Å². The monoisotopic (exact) mass is 471 g/mol. The molecule has 2 aromatic carbocycles. The molecule has 1 aliphatic heterocycles. The summed E-state index contributed by atoms with van der Waals surface area (Å²) < 4.78 is 32.6. The second-order valence-corrected chi connectivity index (χ2v) is 9.81. The summed E-state index contributed by atoms with van der Waals surface area (Å²) in [4.78, 5) is 36.7. The second-order valence-electron chi connectivity index (χ2n) is 8.19. The van der Waals surface area contributed by atoms with E-state index < -0.39 is 22.1 Å². The number of nitrogens with zero attached hydrogens (tertiary/aromatic N) is 2. The first-order valence-corrected chi connectivity index (χ1v) is 12.1. The van der Waals surface area contributed by atoms with Gasteiger partial charge in [-0.2, -0.15) is 8.42 Å². The standard InChI is InChI=1S/C23H25N3O6S/c1-15-5-8-17(9-6-15)33(30,31)32-13-3-4-16-7-10-18-20(14-16)25(2)23(29)26(18)19-11-12-21(27)24-22(19)28/h5-10,14,19H,3-4,11-13H2,1-2H3,(H,24,27,28). The van der Waals surface area contributed by atoms with Crippen LogP contribution in [0.2, 0.25) is 0 Å². The van der Waals surface area contributed by atoms with Crippen LogP contribution in [0.25, 0.3) is 11.0 Å². The van der Waals surface area contributed by atoms with Crippen molar-refractivity contribution in [2.75, 3.05) is 6.61 Å². The summed E-state index contributed by atoms with van der Waals surface area (Å²) in [7, 11) is -2.17. The van der Waals surface area contributed by atoms with Crippen molar-refractivity contribution >= 4 is 33.0 Å². The Hall–Kier alpha value is -3.24. The number of carbonyl (C=O) groups excluding carboxylic acids is 2. The van der Waals surface area contributed by atoms with E-state index >= 15 is 0 Å². The number of imidazole rings is 1. The number of benzene rings is 2. The maximum absolute atomic E-state index is 12.8. The zero-order valence-electron chi connectivity index (χ0n) is 18.4. The molecule has 33 heavy (non-hydrogen) atoms. The number of imide groups is 1. The molecule has 10 heteroatoms. The van der Waals surface area contributed by atoms with Crippen molar-refractivity contribution in [3.63, 3.8) is 0 Å². The van der Waals surface area contributed by atoms with Gasteiger partial charge >= 0.3 is 5.69 Å². The van der Waals surface area contributed by atoms with Crippen molar-refractivity contribution in [3.8, 4) is 0 Å². The fraction of sp³-hybridized carbons (Fsp3) is 0.348. The first-order valence-electron chi connectivity index (χ1n) is 10.7. The van der Waals surface area contributed by atoms with Crippen LogP contribution in [-0.4, -0.2) is 36.0 Å². The molecule has 0 bridgehead atoms. The van der Waals surface area contributed by atoms with E-state index in [4.69, 9.17) is 4.18 Å². The number of aryl methyl sites for hydroxylation is 3. The Balaban J connectivity index is 1.46. The number of fused-ring (bicyclic) bond motifs is 1. The Morgan fingerprint density at radius 2 is 1.79 bits per heavy atom. The van der Waals surface area contributed by atoms with Gasteiger partial charge in [-0.15, -0.1) is 0 Å². The maximum atomic E-state index is 12.8. The summed E-state index contributed by atoms with van der Waals surface area (Å²) in [5.41, 5.74) is 2.82. The van der Waals surface area contributed by atoms with Crippen LogP contribution in [0.15, 0.2) is 52.2 Å². The Morgan fingerprint density at radius 1 is 1.06 bits per heavy atom. The topological polar surface area (TPSA) is 116 Å². The molecular formula is C23H25N3O6S. The lowest BCUT2D eigenvalue weighted by Crippen LogP contribution is -2.44. The van der Waals surface area contributed by atoms with Crippen molar-refractivity contribution in [2.24, 2.45) is 7.05 Å². The first-order chi connectivity index (χ1) is 15.7. The number of piperidine rings is 1. The highest BCUT2D eigenvalue weighted by Gasteiger charge is 2.31. The summed E-state index contributed by atoms with van der Waals surface area (Å²) in [5.74, 6) is -0.810. The molecule has 0 spiro atoms. The molecule has 0 aliphatic carbocycles. The van der Waals surface area contributed by atoms with Gasteiger partial charge in [0.15, 0.2) is 0 Å². The molecule has 1 fully saturated rings. The van der Waals surface area contributed by atoms with Crippen LogP contribution < -0.4 is 11.0 Å². The highest BCUT2D eigenvalue weighted by atomic mass is 32.2. The van der Waals surface area contributed by atoms with Crippen LogP contribution >= 0.6 is 0 Å². The lowest BCUT2D eigenvalue weighted by Gasteiger charge is -2.21. The van der Waals surface area contributed by atoms with Crippen molar-refractivity contribution in [2.45, 2.75) is 43.5 Å². The lowest BCUT2D eigenvalue weighted by atomic mass is 10.1. The number of rotatable bonds is 7. The molecule has 1 atom stereocenters. The van der Waals surface area contributed by atoms with Crippen LogP contribution in [0.5, 0.6) is 0 Å². The maximum Gasteiger partial charge on any atom is 0.329 e. The van der Waals surface area contributed by atoms with Crippen LogP contribution in [0, 0.1) is 6.92 Å². The normalized spacial score (nSPS) is 16.8. The predicted octanol–water partition coefficient (Wildman–Crippen LogP) is 1.96. The molecule has 3 aromatic rings. The summed E-state index contributed by atoms with van der Waals surface area (Å²) in [6.45, 7) is 1.91. The number of amides is 2. The first kappa shape index (κ1) is 22.9. The minimum atomic E-state index is -3.81. The van der Waals surface area contributed by atoms with Crippen LogP contribution in [0.3, 0.4) is 0 Å². The molecule has 1 N–H and O–H groups in total. The van der Waals surface area contributed by atoms with Crippen molar-refractivity contribution in [3.05, 3.63) is 64.1 Å². The number of nitrogens with one attached hydrogen (secondary N) is 1. The summed E-state index contributed by atoms with van der Waals surface area (Å²) in [5, 5.41) is 2.29.